The maximum Gasteiger partial charge on any atom is 0.279 e. The predicted molar refractivity (Wildman–Crippen MR) is 83.1 cm³/mol. The van der Waals surface area contributed by atoms with Crippen molar-refractivity contribution in [2.45, 2.75) is 12.8 Å². The molecule has 0 unspecified atom stereocenters. The first-order chi connectivity index (χ1) is 10.6. The Morgan fingerprint density at radius 3 is 2.77 bits per heavy atom. The summed E-state index contributed by atoms with van der Waals surface area (Å²) < 4.78 is 39.7. The lowest BCUT2D eigenvalue weighted by atomic mass is 9.97. The number of ether oxygens (including phenoxy) is 2. The minimum atomic E-state index is -3.41. The third-order valence-electron chi connectivity index (χ3n) is 4.13. The zero-order chi connectivity index (χ0) is 15.4. The van der Waals surface area contributed by atoms with E-state index in [1.807, 2.05) is 24.3 Å². The van der Waals surface area contributed by atoms with Crippen molar-refractivity contribution in [1.29, 1.82) is 0 Å². The molecule has 1 saturated heterocycles. The van der Waals surface area contributed by atoms with E-state index < -0.39 is 10.2 Å². The summed E-state index contributed by atoms with van der Waals surface area (Å²) in [6, 6.07) is 7.96. The van der Waals surface area contributed by atoms with E-state index in [1.54, 1.807) is 0 Å². The number of fused-ring (bicyclic) bond motifs is 1. The monoisotopic (exact) mass is 326 g/mol. The molecular formula is C15H22N2O4S. The lowest BCUT2D eigenvalue weighted by Crippen LogP contribution is -2.47. The topological polar surface area (TPSA) is 67.9 Å². The molecular weight excluding hydrogens is 304 g/mol. The highest BCUT2D eigenvalue weighted by Gasteiger charge is 2.25. The molecule has 2 aliphatic rings. The fraction of sp³-hybridized carbons (Fsp3) is 0.600. The van der Waals surface area contributed by atoms with Crippen molar-refractivity contribution in [3.05, 3.63) is 29.8 Å². The van der Waals surface area contributed by atoms with E-state index in [0.29, 0.717) is 39.5 Å². The van der Waals surface area contributed by atoms with Crippen LogP contribution >= 0.6 is 0 Å². The van der Waals surface area contributed by atoms with Gasteiger partial charge in [0.15, 0.2) is 0 Å². The number of rotatable bonds is 4. The molecule has 1 aromatic rings. The van der Waals surface area contributed by atoms with Crippen LogP contribution in [0.1, 0.15) is 12.0 Å². The number of benzene rings is 1. The molecule has 1 fully saturated rings. The summed E-state index contributed by atoms with van der Waals surface area (Å²) in [6.45, 7) is 2.84. The van der Waals surface area contributed by atoms with Gasteiger partial charge in [0.25, 0.3) is 10.2 Å². The first-order valence-corrected chi connectivity index (χ1v) is 9.12. The average molecular weight is 326 g/mol. The minimum Gasteiger partial charge on any atom is -0.493 e. The molecule has 0 amide bonds. The van der Waals surface area contributed by atoms with Gasteiger partial charge in [0.05, 0.1) is 19.8 Å². The molecule has 0 radical (unpaired) electrons. The molecule has 122 valence electrons. The van der Waals surface area contributed by atoms with E-state index >= 15 is 0 Å². The van der Waals surface area contributed by atoms with Gasteiger partial charge in [-0.15, -0.1) is 0 Å². The Kier molecular flexibility index (Phi) is 4.97. The lowest BCUT2D eigenvalue weighted by molar-refractivity contribution is 0.0724. The first-order valence-electron chi connectivity index (χ1n) is 7.68. The molecule has 0 bridgehead atoms. The Bertz CT molecular complexity index is 599. The van der Waals surface area contributed by atoms with E-state index in [2.05, 4.69) is 4.72 Å². The van der Waals surface area contributed by atoms with Crippen molar-refractivity contribution < 1.29 is 17.9 Å². The average Bonchev–Trinajstić information content (AvgIpc) is 2.76. The third-order valence-corrected chi connectivity index (χ3v) is 5.71. The van der Waals surface area contributed by atoms with Gasteiger partial charge in [-0.05, 0) is 30.4 Å². The summed E-state index contributed by atoms with van der Waals surface area (Å²) in [7, 11) is -3.41. The van der Waals surface area contributed by atoms with Crippen LogP contribution in [0.15, 0.2) is 24.3 Å². The maximum absolute atomic E-state index is 12.3. The number of morpholine rings is 1. The lowest BCUT2D eigenvalue weighted by Gasteiger charge is -2.27. The Morgan fingerprint density at radius 2 is 1.95 bits per heavy atom. The summed E-state index contributed by atoms with van der Waals surface area (Å²) in [4.78, 5) is 0. The van der Waals surface area contributed by atoms with Gasteiger partial charge in [0.2, 0.25) is 0 Å². The maximum atomic E-state index is 12.3. The number of nitrogens with one attached hydrogen (secondary N) is 1. The zero-order valence-corrected chi connectivity index (χ0v) is 13.3. The molecule has 2 aliphatic heterocycles. The van der Waals surface area contributed by atoms with Crippen LogP contribution in [0.25, 0.3) is 0 Å². The van der Waals surface area contributed by atoms with E-state index in [1.165, 1.54) is 4.31 Å². The van der Waals surface area contributed by atoms with Gasteiger partial charge >= 0.3 is 0 Å². The summed E-state index contributed by atoms with van der Waals surface area (Å²) in [5, 5.41) is 0. The number of nitrogens with zero attached hydrogens (tertiary/aromatic N) is 1. The quantitative estimate of drug-likeness (QED) is 0.888. The fourth-order valence-electron chi connectivity index (χ4n) is 2.84. The molecule has 1 aromatic carbocycles. The Balaban J connectivity index is 1.59. The highest BCUT2D eigenvalue weighted by atomic mass is 32.2. The molecule has 7 heteroatoms. The van der Waals surface area contributed by atoms with Crippen molar-refractivity contribution in [3.63, 3.8) is 0 Å². The second-order valence-electron chi connectivity index (χ2n) is 5.68. The van der Waals surface area contributed by atoms with Gasteiger partial charge in [-0.2, -0.15) is 12.7 Å². The Labute approximate surface area is 131 Å². The van der Waals surface area contributed by atoms with Crippen LogP contribution in [0.4, 0.5) is 0 Å². The molecule has 2 heterocycles. The molecule has 6 nitrogen and oxygen atoms in total. The van der Waals surface area contributed by atoms with Crippen molar-refractivity contribution in [2.75, 3.05) is 39.5 Å². The molecule has 0 spiro atoms. The molecule has 1 atom stereocenters. The molecule has 0 aliphatic carbocycles. The molecule has 0 saturated carbocycles. The highest BCUT2D eigenvalue weighted by molar-refractivity contribution is 7.87. The van der Waals surface area contributed by atoms with Gasteiger partial charge in [-0.25, -0.2) is 4.72 Å². The number of para-hydroxylation sites is 1. The first kappa shape index (κ1) is 15.7. The summed E-state index contributed by atoms with van der Waals surface area (Å²) in [5.41, 5.74) is 1.15. The van der Waals surface area contributed by atoms with Gasteiger partial charge in [0, 0.05) is 19.6 Å². The van der Waals surface area contributed by atoms with Crippen LogP contribution in [-0.2, 0) is 21.4 Å². The molecule has 3 rings (SSSR count). The largest absolute Gasteiger partial charge is 0.493 e. The van der Waals surface area contributed by atoms with Crippen molar-refractivity contribution in [1.82, 2.24) is 9.03 Å². The SMILES string of the molecule is O=S(=O)(NC[C@H]1CCOc2ccccc2C1)N1CCOCC1. The summed E-state index contributed by atoms with van der Waals surface area (Å²) in [5.74, 6) is 1.17. The number of hydrogen-bond acceptors (Lipinski definition) is 4. The predicted octanol–water partition coefficient (Wildman–Crippen LogP) is 0.794. The van der Waals surface area contributed by atoms with Gasteiger partial charge in [-0.1, -0.05) is 18.2 Å². The van der Waals surface area contributed by atoms with Gasteiger partial charge in [-0.3, -0.25) is 0 Å². The van der Waals surface area contributed by atoms with E-state index in [0.717, 1.165) is 24.2 Å². The molecule has 22 heavy (non-hydrogen) atoms. The van der Waals surface area contributed by atoms with E-state index in [9.17, 15) is 8.42 Å². The molecule has 1 N–H and O–H groups in total. The van der Waals surface area contributed by atoms with Crippen LogP contribution in [0, 0.1) is 5.92 Å². The second-order valence-corrected chi connectivity index (χ2v) is 7.44. The normalized spacial score (nSPS) is 23.4. The Hall–Kier alpha value is -1.15. The van der Waals surface area contributed by atoms with E-state index in [4.69, 9.17) is 9.47 Å². The summed E-state index contributed by atoms with van der Waals surface area (Å²) >= 11 is 0. The van der Waals surface area contributed by atoms with Gasteiger partial charge in [0.1, 0.15) is 5.75 Å². The van der Waals surface area contributed by atoms with Crippen molar-refractivity contribution in [3.8, 4) is 5.75 Å². The van der Waals surface area contributed by atoms with Crippen LogP contribution in [0.2, 0.25) is 0 Å². The standard InChI is InChI=1S/C15H22N2O4S/c18-22(19,17-6-9-20-10-7-17)16-12-13-5-8-21-15-4-2-1-3-14(15)11-13/h1-4,13,16H,5-12H2/t13-/m0/s1. The smallest absolute Gasteiger partial charge is 0.279 e. The number of hydrogen-bond donors (Lipinski definition) is 1. The zero-order valence-electron chi connectivity index (χ0n) is 12.5. The molecule has 0 aromatic heterocycles. The van der Waals surface area contributed by atoms with Crippen molar-refractivity contribution in [2.24, 2.45) is 5.92 Å². The van der Waals surface area contributed by atoms with Crippen molar-refractivity contribution >= 4 is 10.2 Å². The second kappa shape index (κ2) is 6.95. The van der Waals surface area contributed by atoms with Crippen LogP contribution in [0.3, 0.4) is 0 Å². The fourth-order valence-corrected chi connectivity index (χ4v) is 4.10. The minimum absolute atomic E-state index is 0.250. The van der Waals surface area contributed by atoms with Crippen LogP contribution in [-0.4, -0.2) is 52.2 Å². The van der Waals surface area contributed by atoms with Crippen LogP contribution in [0.5, 0.6) is 5.75 Å². The Morgan fingerprint density at radius 1 is 1.18 bits per heavy atom. The van der Waals surface area contributed by atoms with Crippen LogP contribution < -0.4 is 9.46 Å². The third kappa shape index (κ3) is 3.78. The summed E-state index contributed by atoms with van der Waals surface area (Å²) in [6.07, 6.45) is 1.68. The van der Waals surface area contributed by atoms with E-state index in [-0.39, 0.29) is 5.92 Å². The highest BCUT2D eigenvalue weighted by Crippen LogP contribution is 2.26. The van der Waals surface area contributed by atoms with Gasteiger partial charge < -0.3 is 9.47 Å².